The number of benzene rings is 1. The maximum atomic E-state index is 11.7. The van der Waals surface area contributed by atoms with E-state index in [-0.39, 0.29) is 17.2 Å². The van der Waals surface area contributed by atoms with Gasteiger partial charge in [-0.2, -0.15) is 0 Å². The van der Waals surface area contributed by atoms with Crippen LogP contribution in [0.15, 0.2) is 18.2 Å². The summed E-state index contributed by atoms with van der Waals surface area (Å²) in [5, 5.41) is 9.68. The van der Waals surface area contributed by atoms with Crippen LogP contribution < -0.4 is 4.72 Å². The Morgan fingerprint density at radius 2 is 2.12 bits per heavy atom. The Hall–Kier alpha value is -1.23. The van der Waals surface area contributed by atoms with Crippen molar-refractivity contribution < 1.29 is 13.5 Å². The van der Waals surface area contributed by atoms with Crippen LogP contribution in [0.5, 0.6) is 5.75 Å². The summed E-state index contributed by atoms with van der Waals surface area (Å²) >= 11 is 0. The summed E-state index contributed by atoms with van der Waals surface area (Å²) in [6.45, 7) is 1.73. The molecule has 0 saturated heterocycles. The van der Waals surface area contributed by atoms with Crippen molar-refractivity contribution in [2.45, 2.75) is 19.8 Å². The fourth-order valence-corrected chi connectivity index (χ4v) is 3.08. The largest absolute Gasteiger partial charge is 0.505 e. The average molecular weight is 241 g/mol. The second kappa shape index (κ2) is 3.97. The Kier molecular flexibility index (Phi) is 2.80. The lowest BCUT2D eigenvalue weighted by molar-refractivity contribution is 0.473. The molecule has 0 spiro atoms. The van der Waals surface area contributed by atoms with E-state index in [0.29, 0.717) is 11.5 Å². The van der Waals surface area contributed by atoms with E-state index < -0.39 is 10.0 Å². The van der Waals surface area contributed by atoms with Gasteiger partial charge >= 0.3 is 0 Å². The van der Waals surface area contributed by atoms with Crippen molar-refractivity contribution >= 4 is 15.7 Å². The number of rotatable bonds is 4. The predicted molar refractivity (Wildman–Crippen MR) is 63.0 cm³/mol. The smallest absolute Gasteiger partial charge is 0.233 e. The SMILES string of the molecule is Cc1cccc(NS(=O)(=O)CC2CC2)c1O. The highest BCUT2D eigenvalue weighted by atomic mass is 32.2. The molecule has 0 bridgehead atoms. The van der Waals surface area contributed by atoms with Gasteiger partial charge in [0.25, 0.3) is 0 Å². The topological polar surface area (TPSA) is 66.4 Å². The lowest BCUT2D eigenvalue weighted by Crippen LogP contribution is -2.17. The number of phenolic OH excluding ortho intramolecular Hbond substituents is 1. The molecule has 0 heterocycles. The zero-order valence-electron chi connectivity index (χ0n) is 9.10. The number of sulfonamides is 1. The number of hydrogen-bond acceptors (Lipinski definition) is 3. The predicted octanol–water partition coefficient (Wildman–Crippen LogP) is 1.85. The zero-order chi connectivity index (χ0) is 11.8. The maximum Gasteiger partial charge on any atom is 0.233 e. The van der Waals surface area contributed by atoms with E-state index in [9.17, 15) is 13.5 Å². The second-order valence-corrected chi connectivity index (χ2v) is 6.06. The third-order valence-corrected chi connectivity index (χ3v) is 4.10. The fraction of sp³-hybridized carbons (Fsp3) is 0.455. The number of aromatic hydroxyl groups is 1. The molecular formula is C11H15NO3S. The molecule has 0 atom stereocenters. The number of aryl methyl sites for hydroxylation is 1. The summed E-state index contributed by atoms with van der Waals surface area (Å²) < 4.78 is 25.8. The van der Waals surface area contributed by atoms with Gasteiger partial charge in [0.15, 0.2) is 0 Å². The van der Waals surface area contributed by atoms with Crippen molar-refractivity contribution in [2.75, 3.05) is 10.5 Å². The van der Waals surface area contributed by atoms with Crippen LogP contribution in [0, 0.1) is 12.8 Å². The van der Waals surface area contributed by atoms with E-state index in [2.05, 4.69) is 4.72 Å². The van der Waals surface area contributed by atoms with E-state index in [1.54, 1.807) is 25.1 Å². The third kappa shape index (κ3) is 2.66. The molecule has 0 aliphatic heterocycles. The highest BCUT2D eigenvalue weighted by Gasteiger charge is 2.28. The number of hydrogen-bond donors (Lipinski definition) is 2. The number of anilines is 1. The summed E-state index contributed by atoms with van der Waals surface area (Å²) in [4.78, 5) is 0. The van der Waals surface area contributed by atoms with E-state index >= 15 is 0 Å². The van der Waals surface area contributed by atoms with Crippen molar-refractivity contribution in [2.24, 2.45) is 5.92 Å². The van der Waals surface area contributed by atoms with Gasteiger partial charge in [-0.25, -0.2) is 8.42 Å². The van der Waals surface area contributed by atoms with Crippen molar-refractivity contribution in [1.29, 1.82) is 0 Å². The Morgan fingerprint density at radius 3 is 2.75 bits per heavy atom. The fourth-order valence-electron chi connectivity index (χ4n) is 1.55. The first kappa shape index (κ1) is 11.3. The lowest BCUT2D eigenvalue weighted by atomic mass is 10.2. The summed E-state index contributed by atoms with van der Waals surface area (Å²) in [5.74, 6) is 0.451. The zero-order valence-corrected chi connectivity index (χ0v) is 9.92. The highest BCUT2D eigenvalue weighted by Crippen LogP contribution is 2.32. The van der Waals surface area contributed by atoms with Crippen molar-refractivity contribution in [1.82, 2.24) is 0 Å². The molecule has 1 aliphatic carbocycles. The minimum atomic E-state index is -3.32. The van der Waals surface area contributed by atoms with Crippen LogP contribution in [-0.4, -0.2) is 19.3 Å². The van der Waals surface area contributed by atoms with Gasteiger partial charge in [-0.05, 0) is 37.3 Å². The molecule has 88 valence electrons. The van der Waals surface area contributed by atoms with Gasteiger partial charge in [0.1, 0.15) is 5.75 Å². The Balaban J connectivity index is 2.16. The lowest BCUT2D eigenvalue weighted by Gasteiger charge is -2.10. The van der Waals surface area contributed by atoms with Crippen LogP contribution >= 0.6 is 0 Å². The van der Waals surface area contributed by atoms with Gasteiger partial charge in [0.2, 0.25) is 10.0 Å². The molecule has 1 aromatic carbocycles. The molecule has 1 aromatic rings. The van der Waals surface area contributed by atoms with Crippen LogP contribution in [0.1, 0.15) is 18.4 Å². The molecule has 1 fully saturated rings. The van der Waals surface area contributed by atoms with E-state index in [0.717, 1.165) is 12.8 Å². The Morgan fingerprint density at radius 1 is 1.44 bits per heavy atom. The first-order valence-corrected chi connectivity index (χ1v) is 6.92. The molecule has 0 aromatic heterocycles. The molecule has 0 amide bonds. The summed E-state index contributed by atoms with van der Waals surface area (Å²) in [6, 6.07) is 5.00. The molecule has 1 aliphatic rings. The van der Waals surface area contributed by atoms with Crippen molar-refractivity contribution in [3.8, 4) is 5.75 Å². The first-order valence-electron chi connectivity index (χ1n) is 5.27. The number of nitrogens with one attached hydrogen (secondary N) is 1. The minimum Gasteiger partial charge on any atom is -0.505 e. The molecule has 0 radical (unpaired) electrons. The van der Waals surface area contributed by atoms with Crippen LogP contribution in [-0.2, 0) is 10.0 Å². The Labute approximate surface area is 95.4 Å². The number of para-hydroxylation sites is 1. The third-order valence-electron chi connectivity index (χ3n) is 2.66. The van der Waals surface area contributed by atoms with Crippen LogP contribution in [0.2, 0.25) is 0 Å². The molecule has 2 N–H and O–H groups in total. The van der Waals surface area contributed by atoms with Gasteiger partial charge < -0.3 is 5.11 Å². The second-order valence-electron chi connectivity index (χ2n) is 4.30. The van der Waals surface area contributed by atoms with Crippen LogP contribution in [0.3, 0.4) is 0 Å². The maximum absolute atomic E-state index is 11.7. The van der Waals surface area contributed by atoms with Gasteiger partial charge in [0, 0.05) is 0 Å². The standard InChI is InChI=1S/C11H15NO3S/c1-8-3-2-4-10(11(8)13)12-16(14,15)7-9-5-6-9/h2-4,9,12-13H,5-7H2,1H3. The quantitative estimate of drug-likeness (QED) is 0.791. The first-order chi connectivity index (χ1) is 7.48. The van der Waals surface area contributed by atoms with Crippen LogP contribution in [0.4, 0.5) is 5.69 Å². The summed E-state index contributed by atoms with van der Waals surface area (Å²) in [6.07, 6.45) is 1.97. The Bertz CT molecular complexity index is 492. The monoisotopic (exact) mass is 241 g/mol. The van der Waals surface area contributed by atoms with Gasteiger partial charge in [-0.3, -0.25) is 4.72 Å². The summed E-state index contributed by atoms with van der Waals surface area (Å²) in [5.41, 5.74) is 0.923. The van der Waals surface area contributed by atoms with E-state index in [1.807, 2.05) is 0 Å². The molecule has 5 heteroatoms. The van der Waals surface area contributed by atoms with E-state index in [1.165, 1.54) is 0 Å². The summed E-state index contributed by atoms with van der Waals surface area (Å²) in [7, 11) is -3.32. The molecule has 2 rings (SSSR count). The molecule has 0 unspecified atom stereocenters. The molecule has 1 saturated carbocycles. The van der Waals surface area contributed by atoms with Gasteiger partial charge in [-0.1, -0.05) is 12.1 Å². The minimum absolute atomic E-state index is 0.00173. The van der Waals surface area contributed by atoms with Gasteiger partial charge in [0.05, 0.1) is 11.4 Å². The van der Waals surface area contributed by atoms with Crippen molar-refractivity contribution in [3.05, 3.63) is 23.8 Å². The number of phenols is 1. The average Bonchev–Trinajstić information content (AvgIpc) is 2.95. The molecule has 4 nitrogen and oxygen atoms in total. The molecule has 16 heavy (non-hydrogen) atoms. The normalized spacial score (nSPS) is 16.1. The van der Waals surface area contributed by atoms with Crippen molar-refractivity contribution in [3.63, 3.8) is 0 Å². The van der Waals surface area contributed by atoms with E-state index in [4.69, 9.17) is 0 Å². The van der Waals surface area contributed by atoms with Gasteiger partial charge in [-0.15, -0.1) is 0 Å². The highest BCUT2D eigenvalue weighted by molar-refractivity contribution is 7.92. The van der Waals surface area contributed by atoms with Crippen LogP contribution in [0.25, 0.3) is 0 Å². The molecular weight excluding hydrogens is 226 g/mol.